The molecule has 28 heavy (non-hydrogen) atoms. The quantitative estimate of drug-likeness (QED) is 0.363. The third-order valence-electron chi connectivity index (χ3n) is 3.57. The van der Waals surface area contributed by atoms with Crippen molar-refractivity contribution in [1.82, 2.24) is 0 Å². The van der Waals surface area contributed by atoms with E-state index in [2.05, 4.69) is 0 Å². The smallest absolute Gasteiger partial charge is 0.269 e. The van der Waals surface area contributed by atoms with Gasteiger partial charge < -0.3 is 5.73 Å². The van der Waals surface area contributed by atoms with Crippen LogP contribution < -0.4 is 5.73 Å². The Labute approximate surface area is 163 Å². The van der Waals surface area contributed by atoms with Gasteiger partial charge in [0.1, 0.15) is 0 Å². The van der Waals surface area contributed by atoms with Gasteiger partial charge in [-0.3, -0.25) is 20.2 Å². The van der Waals surface area contributed by atoms with Crippen LogP contribution in [0.2, 0.25) is 0 Å². The van der Waals surface area contributed by atoms with Crippen LogP contribution in [0.15, 0.2) is 72.8 Å². The van der Waals surface area contributed by atoms with Crippen LogP contribution in [0.1, 0.15) is 16.7 Å². The molecular formula is C21H23N3O4. The van der Waals surface area contributed by atoms with Gasteiger partial charge in [0.25, 0.3) is 11.4 Å². The summed E-state index contributed by atoms with van der Waals surface area (Å²) < 4.78 is 0. The fourth-order valence-corrected chi connectivity index (χ4v) is 1.90. The van der Waals surface area contributed by atoms with Crippen LogP contribution in [0.4, 0.5) is 17.1 Å². The van der Waals surface area contributed by atoms with E-state index < -0.39 is 9.85 Å². The van der Waals surface area contributed by atoms with E-state index in [1.807, 2.05) is 45.0 Å². The summed E-state index contributed by atoms with van der Waals surface area (Å²) in [4.78, 5) is 19.4. The lowest BCUT2D eigenvalue weighted by atomic mass is 10.2. The molecule has 0 aromatic heterocycles. The Bertz CT molecular complexity index is 814. The lowest BCUT2D eigenvalue weighted by Crippen LogP contribution is -1.86. The van der Waals surface area contributed by atoms with Gasteiger partial charge in [0.2, 0.25) is 0 Å². The lowest BCUT2D eigenvalue weighted by Gasteiger charge is -1.90. The highest BCUT2D eigenvalue weighted by atomic mass is 16.6. The Morgan fingerprint density at radius 3 is 1.04 bits per heavy atom. The van der Waals surface area contributed by atoms with Crippen LogP contribution in [0.5, 0.6) is 0 Å². The maximum absolute atomic E-state index is 10.1. The second-order valence-corrected chi connectivity index (χ2v) is 6.10. The highest BCUT2D eigenvalue weighted by molar-refractivity contribution is 5.38. The molecule has 2 N–H and O–H groups in total. The second kappa shape index (κ2) is 11.1. The van der Waals surface area contributed by atoms with E-state index in [9.17, 15) is 20.2 Å². The Morgan fingerprint density at radius 2 is 0.821 bits per heavy atom. The van der Waals surface area contributed by atoms with Gasteiger partial charge in [-0.1, -0.05) is 53.1 Å². The molecule has 0 fully saturated rings. The zero-order valence-corrected chi connectivity index (χ0v) is 16.0. The first-order valence-electron chi connectivity index (χ1n) is 8.43. The first kappa shape index (κ1) is 22.3. The number of nitro groups is 2. The predicted octanol–water partition coefficient (Wildman–Crippen LogP) is 5.38. The molecule has 0 saturated heterocycles. The minimum absolute atomic E-state index is 0.144. The Morgan fingerprint density at radius 1 is 0.571 bits per heavy atom. The molecule has 0 saturated carbocycles. The van der Waals surface area contributed by atoms with Crippen LogP contribution in [-0.2, 0) is 0 Å². The molecule has 3 aromatic carbocycles. The van der Waals surface area contributed by atoms with E-state index in [-0.39, 0.29) is 11.4 Å². The maximum Gasteiger partial charge on any atom is 0.269 e. The number of nitrogens with zero attached hydrogens (tertiary/aromatic N) is 2. The number of nitro benzene ring substituents is 2. The summed E-state index contributed by atoms with van der Waals surface area (Å²) >= 11 is 0. The number of hydrogen-bond donors (Lipinski definition) is 1. The summed E-state index contributed by atoms with van der Waals surface area (Å²) in [6, 6.07) is 20.6. The van der Waals surface area contributed by atoms with Crippen molar-refractivity contribution in [2.45, 2.75) is 20.8 Å². The number of non-ortho nitro benzene ring substituents is 2. The minimum atomic E-state index is -0.403. The van der Waals surface area contributed by atoms with Crippen molar-refractivity contribution in [3.63, 3.8) is 0 Å². The van der Waals surface area contributed by atoms with Crippen molar-refractivity contribution in [1.29, 1.82) is 0 Å². The van der Waals surface area contributed by atoms with E-state index >= 15 is 0 Å². The second-order valence-electron chi connectivity index (χ2n) is 6.10. The topological polar surface area (TPSA) is 112 Å². The van der Waals surface area contributed by atoms with E-state index in [0.29, 0.717) is 0 Å². The molecule has 0 aliphatic heterocycles. The van der Waals surface area contributed by atoms with Crippen molar-refractivity contribution < 1.29 is 9.85 Å². The van der Waals surface area contributed by atoms with E-state index in [4.69, 9.17) is 5.73 Å². The highest BCUT2D eigenvalue weighted by Gasteiger charge is 2.01. The van der Waals surface area contributed by atoms with Gasteiger partial charge in [-0.25, -0.2) is 0 Å². The average Bonchev–Trinajstić information content (AvgIpc) is 2.66. The van der Waals surface area contributed by atoms with Gasteiger partial charge in [0.15, 0.2) is 0 Å². The molecule has 146 valence electrons. The van der Waals surface area contributed by atoms with Crippen LogP contribution >= 0.6 is 0 Å². The largest absolute Gasteiger partial charge is 0.399 e. The van der Waals surface area contributed by atoms with Crippen LogP contribution in [-0.4, -0.2) is 9.85 Å². The number of nitrogen functional groups attached to an aromatic ring is 1. The number of rotatable bonds is 2. The molecule has 0 atom stereocenters. The zero-order chi connectivity index (χ0) is 21.1. The minimum Gasteiger partial charge on any atom is -0.399 e. The SMILES string of the molecule is Cc1ccc(N)cc1.Cc1ccc([N+](=O)[O-])cc1.Cc1ccc([N+](=O)[O-])cc1. The molecule has 7 heteroatoms. The van der Waals surface area contributed by atoms with Gasteiger partial charge in [-0.15, -0.1) is 0 Å². The molecule has 0 spiro atoms. The molecule has 3 rings (SSSR count). The van der Waals surface area contributed by atoms with Crippen molar-refractivity contribution in [3.8, 4) is 0 Å². The van der Waals surface area contributed by atoms with Gasteiger partial charge >= 0.3 is 0 Å². The number of nitrogens with two attached hydrogens (primary N) is 1. The van der Waals surface area contributed by atoms with Crippen LogP contribution in [0, 0.1) is 41.0 Å². The molecule has 0 radical (unpaired) electrons. The van der Waals surface area contributed by atoms with E-state index in [1.165, 1.54) is 29.8 Å². The molecule has 0 aliphatic rings. The number of benzene rings is 3. The third-order valence-corrected chi connectivity index (χ3v) is 3.57. The average molecular weight is 381 g/mol. The summed E-state index contributed by atoms with van der Waals surface area (Å²) in [6.07, 6.45) is 0. The van der Waals surface area contributed by atoms with Crippen molar-refractivity contribution in [2.75, 3.05) is 5.73 Å². The standard InChI is InChI=1S/2C7H7NO2.C7H9N/c2*1-6-2-4-7(5-3-6)8(9)10;1-6-2-4-7(8)5-3-6/h2*2-5H,1H3;2-5H,8H2,1H3. The molecule has 7 nitrogen and oxygen atoms in total. The summed E-state index contributed by atoms with van der Waals surface area (Å²) in [5.74, 6) is 0. The first-order chi connectivity index (χ1) is 13.2. The zero-order valence-electron chi connectivity index (χ0n) is 16.0. The number of hydrogen-bond acceptors (Lipinski definition) is 5. The van der Waals surface area contributed by atoms with Crippen molar-refractivity contribution in [2.24, 2.45) is 0 Å². The monoisotopic (exact) mass is 381 g/mol. The fourth-order valence-electron chi connectivity index (χ4n) is 1.90. The van der Waals surface area contributed by atoms with Crippen LogP contribution in [0.25, 0.3) is 0 Å². The van der Waals surface area contributed by atoms with Gasteiger partial charge in [-0.2, -0.15) is 0 Å². The molecule has 0 amide bonds. The third kappa shape index (κ3) is 8.57. The summed E-state index contributed by atoms with van der Waals surface area (Å²) in [7, 11) is 0. The molecule has 0 aliphatic carbocycles. The number of anilines is 1. The Hall–Kier alpha value is -3.74. The van der Waals surface area contributed by atoms with Gasteiger partial charge in [0.05, 0.1) is 9.85 Å². The lowest BCUT2D eigenvalue weighted by molar-refractivity contribution is -0.385. The van der Waals surface area contributed by atoms with Gasteiger partial charge in [-0.05, 0) is 32.9 Å². The summed E-state index contributed by atoms with van der Waals surface area (Å²) in [5.41, 5.74) is 9.86. The normalized spacial score (nSPS) is 9.25. The Balaban J connectivity index is 0.000000212. The fraction of sp³-hybridized carbons (Fsp3) is 0.143. The molecule has 0 heterocycles. The molecular weight excluding hydrogens is 358 g/mol. The van der Waals surface area contributed by atoms with E-state index in [1.54, 1.807) is 24.3 Å². The molecule has 3 aromatic rings. The summed E-state index contributed by atoms with van der Waals surface area (Å²) in [6.45, 7) is 5.83. The Kier molecular flexibility index (Phi) is 8.82. The predicted molar refractivity (Wildman–Crippen MR) is 111 cm³/mol. The summed E-state index contributed by atoms with van der Waals surface area (Å²) in [5, 5.41) is 20.2. The van der Waals surface area contributed by atoms with Crippen molar-refractivity contribution in [3.05, 3.63) is 110 Å². The highest BCUT2D eigenvalue weighted by Crippen LogP contribution is 2.11. The van der Waals surface area contributed by atoms with Crippen molar-refractivity contribution >= 4 is 17.1 Å². The van der Waals surface area contributed by atoms with E-state index in [0.717, 1.165) is 16.8 Å². The molecule has 0 unspecified atom stereocenters. The maximum atomic E-state index is 10.1. The number of aryl methyl sites for hydroxylation is 3. The van der Waals surface area contributed by atoms with Crippen LogP contribution in [0.3, 0.4) is 0 Å². The molecule has 0 bridgehead atoms. The van der Waals surface area contributed by atoms with Gasteiger partial charge in [0, 0.05) is 30.0 Å². The first-order valence-corrected chi connectivity index (χ1v) is 8.43.